The van der Waals surface area contributed by atoms with Gasteiger partial charge in [0.2, 0.25) is 0 Å². The number of nitrogens with two attached hydrogens (primary N) is 1. The van der Waals surface area contributed by atoms with E-state index in [0.717, 1.165) is 18.4 Å². The molecule has 1 saturated carbocycles. The molecule has 1 fully saturated rings. The summed E-state index contributed by atoms with van der Waals surface area (Å²) >= 11 is 5.80. The number of hydrogen-bond donors (Lipinski definition) is 1. The van der Waals surface area contributed by atoms with Crippen molar-refractivity contribution < 1.29 is 4.39 Å². The minimum atomic E-state index is -0.254. The van der Waals surface area contributed by atoms with Gasteiger partial charge in [-0.3, -0.25) is 0 Å². The fraction of sp³-hybridized carbons (Fsp3) is 0.571. The van der Waals surface area contributed by atoms with E-state index < -0.39 is 0 Å². The minimum Gasteiger partial charge on any atom is -0.330 e. The molecule has 0 bridgehead atoms. The molecule has 0 saturated heterocycles. The van der Waals surface area contributed by atoms with Crippen LogP contribution in [0.15, 0.2) is 18.2 Å². The molecule has 1 aromatic carbocycles. The average molecular weight is 256 g/mol. The van der Waals surface area contributed by atoms with Crippen molar-refractivity contribution >= 4 is 11.6 Å². The summed E-state index contributed by atoms with van der Waals surface area (Å²) < 4.78 is 13.8. The van der Waals surface area contributed by atoms with Gasteiger partial charge in [0.15, 0.2) is 0 Å². The summed E-state index contributed by atoms with van der Waals surface area (Å²) in [5, 5.41) is 0.225. The molecule has 2 rings (SSSR count). The molecule has 0 amide bonds. The number of benzene rings is 1. The summed E-state index contributed by atoms with van der Waals surface area (Å²) in [6.45, 7) is 0.715. The third-order valence-corrected chi connectivity index (χ3v) is 4.17. The number of hydrogen-bond acceptors (Lipinski definition) is 1. The highest BCUT2D eigenvalue weighted by Crippen LogP contribution is 2.33. The van der Waals surface area contributed by atoms with Crippen LogP contribution < -0.4 is 5.73 Å². The molecular weight excluding hydrogens is 237 g/mol. The molecule has 0 radical (unpaired) electrons. The van der Waals surface area contributed by atoms with Gasteiger partial charge in [0.05, 0.1) is 5.02 Å². The summed E-state index contributed by atoms with van der Waals surface area (Å²) in [4.78, 5) is 0. The minimum absolute atomic E-state index is 0.225. The monoisotopic (exact) mass is 255 g/mol. The number of rotatable bonds is 3. The van der Waals surface area contributed by atoms with Crippen LogP contribution in [0.2, 0.25) is 5.02 Å². The van der Waals surface area contributed by atoms with E-state index in [0.29, 0.717) is 18.4 Å². The molecule has 1 nitrogen and oxygen atoms in total. The van der Waals surface area contributed by atoms with Gasteiger partial charge in [0, 0.05) is 0 Å². The van der Waals surface area contributed by atoms with Gasteiger partial charge >= 0.3 is 0 Å². The summed E-state index contributed by atoms with van der Waals surface area (Å²) in [6.07, 6.45) is 5.62. The molecule has 1 aliphatic carbocycles. The standard InChI is InChI=1S/C14H19ClFN/c15-13-7-3-6-11(14(13)16)8-10-4-1-2-5-12(10)9-17/h3,6-7,10,12H,1-2,4-5,8-9,17H2. The second-order valence-corrected chi connectivity index (χ2v) is 5.36. The van der Waals surface area contributed by atoms with Gasteiger partial charge in [0.1, 0.15) is 5.82 Å². The Morgan fingerprint density at radius 2 is 1.94 bits per heavy atom. The molecular formula is C14H19ClFN. The van der Waals surface area contributed by atoms with Crippen LogP contribution in [-0.4, -0.2) is 6.54 Å². The molecule has 2 atom stereocenters. The Bertz CT molecular complexity index is 380. The second-order valence-electron chi connectivity index (χ2n) is 4.96. The van der Waals surface area contributed by atoms with Gasteiger partial charge in [-0.15, -0.1) is 0 Å². The Morgan fingerprint density at radius 1 is 1.24 bits per heavy atom. The summed E-state index contributed by atoms with van der Waals surface area (Å²) in [5.74, 6) is 0.805. The quantitative estimate of drug-likeness (QED) is 0.874. The Hall–Kier alpha value is -0.600. The zero-order valence-electron chi connectivity index (χ0n) is 9.96. The lowest BCUT2D eigenvalue weighted by Crippen LogP contribution is -2.28. The van der Waals surface area contributed by atoms with Crippen LogP contribution in [0, 0.1) is 17.7 Å². The van der Waals surface area contributed by atoms with Gasteiger partial charge < -0.3 is 5.73 Å². The van der Waals surface area contributed by atoms with Crippen molar-refractivity contribution in [1.29, 1.82) is 0 Å². The van der Waals surface area contributed by atoms with E-state index in [9.17, 15) is 4.39 Å². The van der Waals surface area contributed by atoms with Crippen LogP contribution in [0.5, 0.6) is 0 Å². The highest BCUT2D eigenvalue weighted by Gasteiger charge is 2.25. The van der Waals surface area contributed by atoms with Crippen LogP contribution in [0.1, 0.15) is 31.2 Å². The van der Waals surface area contributed by atoms with Gasteiger partial charge in [-0.05, 0) is 49.3 Å². The highest BCUT2D eigenvalue weighted by molar-refractivity contribution is 6.30. The normalized spacial score (nSPS) is 24.9. The first-order valence-electron chi connectivity index (χ1n) is 6.35. The van der Waals surface area contributed by atoms with Gasteiger partial charge in [-0.1, -0.05) is 36.6 Å². The Labute approximate surface area is 107 Å². The summed E-state index contributed by atoms with van der Waals surface area (Å²) in [6, 6.07) is 5.26. The van der Waals surface area contributed by atoms with E-state index >= 15 is 0 Å². The molecule has 1 aliphatic rings. The van der Waals surface area contributed by atoms with Crippen molar-refractivity contribution in [2.24, 2.45) is 17.6 Å². The maximum Gasteiger partial charge on any atom is 0.144 e. The lowest BCUT2D eigenvalue weighted by atomic mass is 9.76. The van der Waals surface area contributed by atoms with Crippen LogP contribution in [0.4, 0.5) is 4.39 Å². The highest BCUT2D eigenvalue weighted by atomic mass is 35.5. The maximum absolute atomic E-state index is 13.8. The predicted octanol–water partition coefficient (Wildman–Crippen LogP) is 3.79. The predicted molar refractivity (Wildman–Crippen MR) is 69.6 cm³/mol. The molecule has 0 aromatic heterocycles. The van der Waals surface area contributed by atoms with Crippen LogP contribution >= 0.6 is 11.6 Å². The van der Waals surface area contributed by atoms with Crippen molar-refractivity contribution in [3.63, 3.8) is 0 Å². The molecule has 0 spiro atoms. The van der Waals surface area contributed by atoms with Crippen molar-refractivity contribution in [2.45, 2.75) is 32.1 Å². The first-order valence-corrected chi connectivity index (χ1v) is 6.73. The Kier molecular flexibility index (Phi) is 4.41. The van der Waals surface area contributed by atoms with Crippen LogP contribution in [-0.2, 0) is 6.42 Å². The topological polar surface area (TPSA) is 26.0 Å². The summed E-state index contributed by atoms with van der Waals surface area (Å²) in [7, 11) is 0. The third kappa shape index (κ3) is 2.99. The van der Waals surface area contributed by atoms with Crippen LogP contribution in [0.3, 0.4) is 0 Å². The molecule has 0 aliphatic heterocycles. The van der Waals surface area contributed by atoms with Gasteiger partial charge in [-0.2, -0.15) is 0 Å². The second kappa shape index (κ2) is 5.83. The lowest BCUT2D eigenvalue weighted by Gasteiger charge is -2.30. The Morgan fingerprint density at radius 3 is 2.65 bits per heavy atom. The largest absolute Gasteiger partial charge is 0.330 e. The van der Waals surface area contributed by atoms with Crippen molar-refractivity contribution in [3.05, 3.63) is 34.6 Å². The zero-order valence-corrected chi connectivity index (χ0v) is 10.7. The zero-order chi connectivity index (χ0) is 12.3. The average Bonchev–Trinajstić information content (AvgIpc) is 2.35. The van der Waals surface area contributed by atoms with E-state index in [-0.39, 0.29) is 10.8 Å². The van der Waals surface area contributed by atoms with Gasteiger partial charge in [-0.25, -0.2) is 4.39 Å². The van der Waals surface area contributed by atoms with E-state index in [1.54, 1.807) is 6.07 Å². The van der Waals surface area contributed by atoms with Crippen molar-refractivity contribution in [3.8, 4) is 0 Å². The van der Waals surface area contributed by atoms with Crippen LogP contribution in [0.25, 0.3) is 0 Å². The first-order chi connectivity index (χ1) is 8.22. The lowest BCUT2D eigenvalue weighted by molar-refractivity contribution is 0.240. The number of halogens is 2. The molecule has 1 aromatic rings. The SMILES string of the molecule is NCC1CCCCC1Cc1cccc(Cl)c1F. The molecule has 3 heteroatoms. The smallest absolute Gasteiger partial charge is 0.144 e. The van der Waals surface area contributed by atoms with Crippen molar-refractivity contribution in [1.82, 2.24) is 0 Å². The molecule has 2 N–H and O–H groups in total. The maximum atomic E-state index is 13.8. The van der Waals surface area contributed by atoms with E-state index in [1.165, 1.54) is 19.3 Å². The fourth-order valence-electron chi connectivity index (χ4n) is 2.85. The molecule has 0 heterocycles. The van der Waals surface area contributed by atoms with E-state index in [1.807, 2.05) is 12.1 Å². The molecule has 94 valence electrons. The third-order valence-electron chi connectivity index (χ3n) is 3.88. The Balaban J connectivity index is 2.11. The molecule has 2 unspecified atom stereocenters. The van der Waals surface area contributed by atoms with E-state index in [4.69, 9.17) is 17.3 Å². The van der Waals surface area contributed by atoms with Crippen molar-refractivity contribution in [2.75, 3.05) is 6.54 Å². The summed E-state index contributed by atoms with van der Waals surface area (Å²) in [5.41, 5.74) is 6.53. The van der Waals surface area contributed by atoms with E-state index in [2.05, 4.69) is 0 Å². The van der Waals surface area contributed by atoms with Gasteiger partial charge in [0.25, 0.3) is 0 Å². The first kappa shape index (κ1) is 12.8. The fourth-order valence-corrected chi connectivity index (χ4v) is 3.05. The molecule has 17 heavy (non-hydrogen) atoms.